The smallest absolute Gasteiger partial charge is 0.469 e. The molecule has 0 heterocycles. The highest BCUT2D eigenvalue weighted by Crippen LogP contribution is 2.34. The van der Waals surface area contributed by atoms with Gasteiger partial charge in [-0.2, -0.15) is 0 Å². The molecule has 0 radical (unpaired) electrons. The molecule has 3 N–H and O–H groups in total. The molecule has 0 fully saturated rings. The van der Waals surface area contributed by atoms with Crippen molar-refractivity contribution < 1.29 is 46.8 Å². The van der Waals surface area contributed by atoms with Crippen LogP contribution in [0.5, 0.6) is 0 Å². The molecule has 0 aromatic carbocycles. The van der Waals surface area contributed by atoms with Gasteiger partial charge in [-0.1, -0.05) is 0 Å². The van der Waals surface area contributed by atoms with Crippen molar-refractivity contribution in [2.45, 2.75) is 96.1 Å². The van der Waals surface area contributed by atoms with Gasteiger partial charge in [0.15, 0.2) is 25.0 Å². The van der Waals surface area contributed by atoms with Crippen molar-refractivity contribution in [2.75, 3.05) is 13.2 Å². The first-order valence-electron chi connectivity index (χ1n) is 11.8. The summed E-state index contributed by atoms with van der Waals surface area (Å²) in [7, 11) is -11.1. The van der Waals surface area contributed by atoms with Gasteiger partial charge >= 0.3 is 26.7 Å². The van der Waals surface area contributed by atoms with E-state index in [-0.39, 0.29) is 19.3 Å². The summed E-state index contributed by atoms with van der Waals surface area (Å²) in [6, 6.07) is 1.58. The number of ether oxygens (including phenoxy) is 1. The molecule has 200 valence electrons. The van der Waals surface area contributed by atoms with Crippen molar-refractivity contribution in [3.63, 3.8) is 0 Å². The summed E-state index contributed by atoms with van der Waals surface area (Å²) in [6.07, 6.45) is 0.531. The first-order chi connectivity index (χ1) is 15.4. The molecule has 0 saturated heterocycles. The minimum Gasteiger partial charge on any atom is -0.481 e. The quantitative estimate of drug-likeness (QED) is 0.145. The van der Waals surface area contributed by atoms with E-state index in [9.17, 15) is 29.7 Å². The van der Waals surface area contributed by atoms with Gasteiger partial charge in [0.2, 0.25) is 0 Å². The second-order valence-corrected chi connectivity index (χ2v) is 26.6. The van der Waals surface area contributed by atoms with Crippen molar-refractivity contribution in [3.8, 4) is 0 Å². The van der Waals surface area contributed by atoms with Gasteiger partial charge in [-0.3, -0.25) is 14.4 Å². The number of aliphatic carboxylic acids is 3. The third kappa shape index (κ3) is 15.9. The Balaban J connectivity index is 6.15. The minimum atomic E-state index is -3.44. The Hall–Kier alpha value is -0.882. The highest BCUT2D eigenvalue weighted by atomic mass is 28.5. The van der Waals surface area contributed by atoms with E-state index in [2.05, 4.69) is 0 Å². The number of rotatable bonds is 20. The molecule has 0 saturated carbocycles. The summed E-state index contributed by atoms with van der Waals surface area (Å²) in [5.74, 6) is -2.70. The van der Waals surface area contributed by atoms with Crippen LogP contribution >= 0.6 is 0 Å². The summed E-state index contributed by atoms with van der Waals surface area (Å²) in [6.45, 7) is 14.6. The van der Waals surface area contributed by atoms with E-state index in [4.69, 9.17) is 17.1 Å². The SMILES string of the molecule is CCOCCC[Si](O[Si](C)(C)CCC(=O)O)(O[Si](C)(C)CCC(=O)O)O[Si](C)(C)CCC(=O)O. The third-order valence-corrected chi connectivity index (χ3v) is 20.8. The molecule has 0 atom stereocenters. The van der Waals surface area contributed by atoms with E-state index in [1.165, 1.54) is 0 Å². The first-order valence-corrected chi connectivity index (χ1v) is 23.0. The van der Waals surface area contributed by atoms with Crippen molar-refractivity contribution in [2.24, 2.45) is 0 Å². The van der Waals surface area contributed by atoms with Crippen LogP contribution in [0.2, 0.25) is 63.5 Å². The maximum absolute atomic E-state index is 11.2. The molecule has 34 heavy (non-hydrogen) atoms. The van der Waals surface area contributed by atoms with Crippen LogP contribution in [0.25, 0.3) is 0 Å². The molecule has 0 bridgehead atoms. The predicted octanol–water partition coefficient (Wildman–Crippen LogP) is 4.44. The van der Waals surface area contributed by atoms with Crippen molar-refractivity contribution in [3.05, 3.63) is 0 Å². The lowest BCUT2D eigenvalue weighted by molar-refractivity contribution is -0.137. The average Bonchev–Trinajstić information content (AvgIpc) is 2.66. The lowest BCUT2D eigenvalue weighted by Gasteiger charge is -2.45. The number of carbonyl (C=O) groups is 3. The number of hydrogen-bond donors (Lipinski definition) is 3. The molecule has 0 aliphatic heterocycles. The first kappa shape index (κ1) is 33.1. The third-order valence-electron chi connectivity index (χ3n) is 5.09. The Bertz CT molecular complexity index is 591. The molecule has 0 aliphatic rings. The van der Waals surface area contributed by atoms with Crippen LogP contribution in [0.4, 0.5) is 0 Å². The van der Waals surface area contributed by atoms with Gasteiger partial charge in [0.05, 0.1) is 0 Å². The normalized spacial score (nSPS) is 13.1. The fraction of sp³-hybridized carbons (Fsp3) is 0.850. The van der Waals surface area contributed by atoms with E-state index < -0.39 is 51.7 Å². The predicted molar refractivity (Wildman–Crippen MR) is 139 cm³/mol. The maximum Gasteiger partial charge on any atom is 0.469 e. The molecule has 0 amide bonds. The topological polar surface area (TPSA) is 149 Å². The molecular weight excluding hydrogens is 513 g/mol. The van der Waals surface area contributed by atoms with Crippen molar-refractivity contribution >= 4 is 51.7 Å². The van der Waals surface area contributed by atoms with Gasteiger partial charge < -0.3 is 32.4 Å². The Morgan fingerprint density at radius 2 is 0.941 bits per heavy atom. The zero-order valence-electron chi connectivity index (χ0n) is 21.8. The van der Waals surface area contributed by atoms with Crippen LogP contribution in [0.1, 0.15) is 32.6 Å². The van der Waals surface area contributed by atoms with Crippen molar-refractivity contribution in [1.82, 2.24) is 0 Å². The zero-order chi connectivity index (χ0) is 26.6. The second-order valence-electron chi connectivity index (χ2n) is 10.2. The number of hydrogen-bond acceptors (Lipinski definition) is 7. The van der Waals surface area contributed by atoms with Gasteiger partial charge in [0.1, 0.15) is 0 Å². The highest BCUT2D eigenvalue weighted by molar-refractivity contribution is 6.90. The molecule has 10 nitrogen and oxygen atoms in total. The van der Waals surface area contributed by atoms with Crippen molar-refractivity contribution in [1.29, 1.82) is 0 Å². The Kier molecular flexibility index (Phi) is 14.2. The van der Waals surface area contributed by atoms with Crippen LogP contribution in [-0.2, 0) is 31.5 Å². The summed E-state index contributed by atoms with van der Waals surface area (Å²) in [5.41, 5.74) is 0. The molecular formula is C20H44O10Si4. The number of carboxylic acid groups (broad SMARTS) is 3. The fourth-order valence-electron chi connectivity index (χ4n) is 3.39. The van der Waals surface area contributed by atoms with E-state index in [1.54, 1.807) is 0 Å². The Morgan fingerprint density at radius 3 is 1.21 bits per heavy atom. The van der Waals surface area contributed by atoms with E-state index in [1.807, 2.05) is 46.2 Å². The molecule has 0 aromatic rings. The lowest BCUT2D eigenvalue weighted by Crippen LogP contribution is -2.62. The summed E-state index contributed by atoms with van der Waals surface area (Å²) >= 11 is 0. The largest absolute Gasteiger partial charge is 0.481 e. The molecule has 14 heteroatoms. The second kappa shape index (κ2) is 14.6. The van der Waals surface area contributed by atoms with E-state index in [0.717, 1.165) is 0 Å². The molecule has 0 spiro atoms. The van der Waals surface area contributed by atoms with Crippen LogP contribution < -0.4 is 0 Å². The molecule has 0 rings (SSSR count). The van der Waals surface area contributed by atoms with Crippen LogP contribution in [-0.4, -0.2) is 80.2 Å². The van der Waals surface area contributed by atoms with Gasteiger partial charge in [0.25, 0.3) is 0 Å². The molecule has 0 aliphatic carbocycles. The van der Waals surface area contributed by atoms with Gasteiger partial charge in [0, 0.05) is 38.5 Å². The number of carboxylic acids is 3. The Morgan fingerprint density at radius 1 is 0.618 bits per heavy atom. The minimum absolute atomic E-state index is 0.0255. The maximum atomic E-state index is 11.2. The van der Waals surface area contributed by atoms with Crippen LogP contribution in [0.15, 0.2) is 0 Å². The monoisotopic (exact) mass is 556 g/mol. The van der Waals surface area contributed by atoms with Crippen LogP contribution in [0.3, 0.4) is 0 Å². The highest BCUT2D eigenvalue weighted by Gasteiger charge is 2.52. The summed E-state index contributed by atoms with van der Waals surface area (Å²) in [4.78, 5) is 33.6. The van der Waals surface area contributed by atoms with Gasteiger partial charge in [-0.25, -0.2) is 0 Å². The van der Waals surface area contributed by atoms with E-state index in [0.29, 0.717) is 43.8 Å². The fourth-order valence-corrected chi connectivity index (χ4v) is 20.6. The standard InChI is InChI=1S/C20H44O10Si4/c1-8-27-13-9-14-34(28-31(2,3)15-10-18(21)22,29-32(4,5)16-11-19(23)24)30-33(6,7)17-12-20(25)26/h8-17H2,1-7H3,(H,21,22)(H,23,24)(H,25,26). The zero-order valence-corrected chi connectivity index (χ0v) is 25.8. The molecule has 0 unspecified atom stereocenters. The summed E-state index contributed by atoms with van der Waals surface area (Å²) < 4.78 is 25.7. The van der Waals surface area contributed by atoms with Crippen LogP contribution in [0, 0.1) is 0 Å². The van der Waals surface area contributed by atoms with E-state index >= 15 is 0 Å². The molecule has 0 aromatic heterocycles. The lowest BCUT2D eigenvalue weighted by atomic mass is 10.5. The Labute approximate surface area is 207 Å². The van der Waals surface area contributed by atoms with Gasteiger partial charge in [-0.15, -0.1) is 0 Å². The average molecular weight is 557 g/mol. The summed E-state index contributed by atoms with van der Waals surface area (Å²) in [5, 5.41) is 27.6. The van der Waals surface area contributed by atoms with Gasteiger partial charge in [-0.05, 0) is 70.8 Å².